The van der Waals surface area contributed by atoms with Crippen LogP contribution in [0.5, 0.6) is 5.75 Å². The second kappa shape index (κ2) is 6.59. The predicted octanol–water partition coefficient (Wildman–Crippen LogP) is 3.40. The molecule has 2 aromatic carbocycles. The van der Waals surface area contributed by atoms with Crippen LogP contribution >= 0.6 is 0 Å². The average molecular weight is 353 g/mol. The summed E-state index contributed by atoms with van der Waals surface area (Å²) in [6.07, 6.45) is 0.291. The van der Waals surface area contributed by atoms with Crippen molar-refractivity contribution < 1.29 is 18.4 Å². The summed E-state index contributed by atoms with van der Waals surface area (Å²) in [6, 6.07) is 13.2. The quantitative estimate of drug-likeness (QED) is 0.719. The van der Waals surface area contributed by atoms with Crippen molar-refractivity contribution in [2.45, 2.75) is 12.3 Å². The molecule has 0 unspecified atom stereocenters. The van der Waals surface area contributed by atoms with Crippen molar-refractivity contribution in [2.24, 2.45) is 0 Å². The molecule has 26 heavy (non-hydrogen) atoms. The van der Waals surface area contributed by atoms with E-state index in [-0.39, 0.29) is 17.6 Å². The minimum atomic E-state index is -0.334. The van der Waals surface area contributed by atoms with Gasteiger partial charge in [-0.2, -0.15) is 4.98 Å². The van der Waals surface area contributed by atoms with Crippen LogP contribution in [-0.2, 0) is 4.79 Å². The van der Waals surface area contributed by atoms with E-state index in [2.05, 4.69) is 10.1 Å². The number of methoxy groups -OCH3 is 1. The van der Waals surface area contributed by atoms with Crippen LogP contribution in [0.1, 0.15) is 18.2 Å². The average Bonchev–Trinajstić information content (AvgIpc) is 3.29. The number of hydrogen-bond donors (Lipinski definition) is 0. The molecule has 0 saturated carbocycles. The molecule has 7 heteroatoms. The van der Waals surface area contributed by atoms with Crippen molar-refractivity contribution in [3.8, 4) is 17.2 Å². The molecule has 132 valence electrons. The van der Waals surface area contributed by atoms with Gasteiger partial charge in [-0.1, -0.05) is 5.16 Å². The third-order valence-electron chi connectivity index (χ3n) is 4.41. The van der Waals surface area contributed by atoms with E-state index in [1.54, 1.807) is 24.1 Å². The highest BCUT2D eigenvalue weighted by molar-refractivity contribution is 5.96. The molecule has 1 amide bonds. The first-order chi connectivity index (χ1) is 12.6. The third-order valence-corrected chi connectivity index (χ3v) is 4.41. The molecular weight excluding hydrogens is 337 g/mol. The maximum atomic E-state index is 13.1. The van der Waals surface area contributed by atoms with Crippen LogP contribution in [-0.4, -0.2) is 29.7 Å². The minimum absolute atomic E-state index is 0.0441. The maximum Gasteiger partial charge on any atom is 0.257 e. The van der Waals surface area contributed by atoms with Gasteiger partial charge in [0.1, 0.15) is 11.6 Å². The molecule has 1 atom stereocenters. The Morgan fingerprint density at radius 3 is 2.58 bits per heavy atom. The molecule has 1 aromatic heterocycles. The Morgan fingerprint density at radius 2 is 1.88 bits per heavy atom. The summed E-state index contributed by atoms with van der Waals surface area (Å²) in [6.45, 7) is 0.437. The lowest BCUT2D eigenvalue weighted by molar-refractivity contribution is -0.117. The van der Waals surface area contributed by atoms with Gasteiger partial charge in [-0.3, -0.25) is 4.79 Å². The van der Waals surface area contributed by atoms with Gasteiger partial charge < -0.3 is 14.2 Å². The first kappa shape index (κ1) is 16.3. The summed E-state index contributed by atoms with van der Waals surface area (Å²) in [5.74, 6) is 1.09. The normalized spacial score (nSPS) is 16.9. The van der Waals surface area contributed by atoms with Crippen molar-refractivity contribution in [1.29, 1.82) is 0 Å². The first-order valence-corrected chi connectivity index (χ1v) is 8.18. The van der Waals surface area contributed by atoms with Gasteiger partial charge in [-0.25, -0.2) is 4.39 Å². The summed E-state index contributed by atoms with van der Waals surface area (Å²) >= 11 is 0. The molecule has 1 aliphatic heterocycles. The molecule has 1 aliphatic rings. The number of carbonyl (C=O) groups excluding carboxylic acids is 1. The number of carbonyl (C=O) groups is 1. The number of rotatable bonds is 4. The Balaban J connectivity index is 1.52. The highest BCUT2D eigenvalue weighted by atomic mass is 19.1. The van der Waals surface area contributed by atoms with Gasteiger partial charge >= 0.3 is 0 Å². The lowest BCUT2D eigenvalue weighted by Gasteiger charge is -2.15. The number of anilines is 1. The van der Waals surface area contributed by atoms with Crippen LogP contribution in [0.4, 0.5) is 10.1 Å². The molecule has 4 rings (SSSR count). The largest absolute Gasteiger partial charge is 0.497 e. The van der Waals surface area contributed by atoms with E-state index < -0.39 is 0 Å². The third kappa shape index (κ3) is 3.03. The maximum absolute atomic E-state index is 13.1. The van der Waals surface area contributed by atoms with E-state index in [1.165, 1.54) is 12.1 Å². The number of nitrogens with zero attached hydrogens (tertiary/aromatic N) is 3. The molecule has 1 saturated heterocycles. The molecule has 0 bridgehead atoms. The fourth-order valence-electron chi connectivity index (χ4n) is 3.00. The van der Waals surface area contributed by atoms with Crippen molar-refractivity contribution >= 4 is 11.6 Å². The lowest BCUT2D eigenvalue weighted by atomic mass is 10.1. The summed E-state index contributed by atoms with van der Waals surface area (Å²) in [4.78, 5) is 18.4. The molecule has 1 fully saturated rings. The van der Waals surface area contributed by atoms with Crippen molar-refractivity contribution in [2.75, 3.05) is 18.6 Å². The van der Waals surface area contributed by atoms with Gasteiger partial charge in [0.05, 0.1) is 7.11 Å². The standard InChI is InChI=1S/C19H16FN3O3/c1-25-16-8-2-12(3-9-16)19-21-18(22-26-19)13-10-17(24)23(11-13)15-6-4-14(20)5-7-15/h2-9,13H,10-11H2,1H3/t13-/m0/s1. The molecule has 0 aliphatic carbocycles. The predicted molar refractivity (Wildman–Crippen MR) is 92.4 cm³/mol. The Hall–Kier alpha value is -3.22. The van der Waals surface area contributed by atoms with E-state index in [1.807, 2.05) is 24.3 Å². The zero-order chi connectivity index (χ0) is 18.1. The Labute approximate surface area is 149 Å². The topological polar surface area (TPSA) is 68.5 Å². The Morgan fingerprint density at radius 1 is 1.15 bits per heavy atom. The van der Waals surface area contributed by atoms with Crippen LogP contribution in [0.25, 0.3) is 11.5 Å². The summed E-state index contributed by atoms with van der Waals surface area (Å²) in [5, 5.41) is 4.04. The van der Waals surface area contributed by atoms with E-state index in [0.717, 1.165) is 11.3 Å². The van der Waals surface area contributed by atoms with Gasteiger partial charge in [0.2, 0.25) is 5.91 Å². The monoisotopic (exact) mass is 353 g/mol. The smallest absolute Gasteiger partial charge is 0.257 e. The minimum Gasteiger partial charge on any atom is -0.497 e. The van der Waals surface area contributed by atoms with Gasteiger partial charge in [0, 0.05) is 30.1 Å². The van der Waals surface area contributed by atoms with E-state index in [9.17, 15) is 9.18 Å². The molecular formula is C19H16FN3O3. The molecule has 3 aromatic rings. The molecule has 0 N–H and O–H groups in total. The fourth-order valence-corrected chi connectivity index (χ4v) is 3.00. The van der Waals surface area contributed by atoms with Crippen LogP contribution in [0, 0.1) is 5.82 Å². The fraction of sp³-hybridized carbons (Fsp3) is 0.211. The molecule has 2 heterocycles. The Bertz CT molecular complexity index is 922. The second-order valence-electron chi connectivity index (χ2n) is 6.07. The highest BCUT2D eigenvalue weighted by Crippen LogP contribution is 2.31. The number of aromatic nitrogens is 2. The van der Waals surface area contributed by atoms with Crippen molar-refractivity contribution in [3.63, 3.8) is 0 Å². The Kier molecular flexibility index (Phi) is 4.12. The van der Waals surface area contributed by atoms with Gasteiger partial charge in [-0.15, -0.1) is 0 Å². The first-order valence-electron chi connectivity index (χ1n) is 8.18. The zero-order valence-corrected chi connectivity index (χ0v) is 14.1. The van der Waals surface area contributed by atoms with E-state index in [4.69, 9.17) is 9.26 Å². The summed E-state index contributed by atoms with van der Waals surface area (Å²) < 4.78 is 23.6. The van der Waals surface area contributed by atoms with Gasteiger partial charge in [0.15, 0.2) is 5.82 Å². The molecule has 0 radical (unpaired) electrons. The number of ether oxygens (including phenoxy) is 1. The summed E-state index contributed by atoms with van der Waals surface area (Å²) in [7, 11) is 1.60. The van der Waals surface area contributed by atoms with Crippen LogP contribution in [0.2, 0.25) is 0 Å². The second-order valence-corrected chi connectivity index (χ2v) is 6.07. The summed E-state index contributed by atoms with van der Waals surface area (Å²) in [5.41, 5.74) is 1.45. The van der Waals surface area contributed by atoms with Crippen molar-refractivity contribution in [3.05, 3.63) is 60.2 Å². The SMILES string of the molecule is COc1ccc(-c2nc([C@H]3CC(=O)N(c4ccc(F)cc4)C3)no2)cc1. The van der Waals surface area contributed by atoms with Gasteiger partial charge in [-0.05, 0) is 48.5 Å². The molecule has 6 nitrogen and oxygen atoms in total. The highest BCUT2D eigenvalue weighted by Gasteiger charge is 2.34. The lowest BCUT2D eigenvalue weighted by Crippen LogP contribution is -2.24. The number of halogens is 1. The van der Waals surface area contributed by atoms with Crippen LogP contribution < -0.4 is 9.64 Å². The van der Waals surface area contributed by atoms with E-state index in [0.29, 0.717) is 30.4 Å². The van der Waals surface area contributed by atoms with Gasteiger partial charge in [0.25, 0.3) is 5.89 Å². The van der Waals surface area contributed by atoms with Crippen LogP contribution in [0.15, 0.2) is 53.1 Å². The number of amides is 1. The molecule has 0 spiro atoms. The number of hydrogen-bond acceptors (Lipinski definition) is 5. The van der Waals surface area contributed by atoms with Crippen molar-refractivity contribution in [1.82, 2.24) is 10.1 Å². The van der Waals surface area contributed by atoms with E-state index >= 15 is 0 Å². The van der Waals surface area contributed by atoms with Crippen LogP contribution in [0.3, 0.4) is 0 Å². The zero-order valence-electron chi connectivity index (χ0n) is 14.1. The number of benzene rings is 2.